The number of benzene rings is 1. The molecule has 1 aliphatic rings. The van der Waals surface area contributed by atoms with Crippen LogP contribution in [-0.2, 0) is 9.84 Å². The quantitative estimate of drug-likeness (QED) is 0.887. The van der Waals surface area contributed by atoms with E-state index in [1.807, 2.05) is 0 Å². The van der Waals surface area contributed by atoms with Gasteiger partial charge in [0.05, 0.1) is 11.5 Å². The van der Waals surface area contributed by atoms with Crippen molar-refractivity contribution in [1.82, 2.24) is 9.97 Å². The molecule has 2 aromatic rings. The molecule has 0 aliphatic carbocycles. The van der Waals surface area contributed by atoms with E-state index in [2.05, 4.69) is 20.6 Å². The van der Waals surface area contributed by atoms with Crippen LogP contribution in [0.3, 0.4) is 0 Å². The summed E-state index contributed by atoms with van der Waals surface area (Å²) < 4.78 is 50.1. The van der Waals surface area contributed by atoms with Crippen molar-refractivity contribution in [2.24, 2.45) is 0 Å². The van der Waals surface area contributed by atoms with Crippen LogP contribution in [0, 0.1) is 11.6 Å². The maximum Gasteiger partial charge on any atom is 0.152 e. The lowest BCUT2D eigenvalue weighted by molar-refractivity contribution is 0.590. The van der Waals surface area contributed by atoms with Crippen LogP contribution in [0.1, 0.15) is 6.42 Å². The molecule has 1 atom stereocenters. The highest BCUT2D eigenvalue weighted by atomic mass is 32.2. The lowest BCUT2D eigenvalue weighted by Crippen LogP contribution is -2.21. The van der Waals surface area contributed by atoms with E-state index in [1.165, 1.54) is 18.5 Å². The van der Waals surface area contributed by atoms with Gasteiger partial charge in [-0.2, -0.15) is 0 Å². The summed E-state index contributed by atoms with van der Waals surface area (Å²) in [4.78, 5) is 7.90. The molecule has 0 amide bonds. The molecule has 1 aromatic heterocycles. The van der Waals surface area contributed by atoms with Crippen LogP contribution in [0.5, 0.6) is 0 Å². The average Bonchev–Trinajstić information content (AvgIpc) is 2.82. The van der Waals surface area contributed by atoms with Crippen LogP contribution < -0.4 is 10.6 Å². The van der Waals surface area contributed by atoms with Gasteiger partial charge in [0, 0.05) is 12.1 Å². The highest BCUT2D eigenvalue weighted by molar-refractivity contribution is 7.91. The van der Waals surface area contributed by atoms with Crippen molar-refractivity contribution in [1.29, 1.82) is 0 Å². The second-order valence-corrected chi connectivity index (χ2v) is 7.48. The molecule has 0 bridgehead atoms. The summed E-state index contributed by atoms with van der Waals surface area (Å²) in [5.74, 6) is -0.697. The number of hydrogen-bond acceptors (Lipinski definition) is 6. The van der Waals surface area contributed by atoms with Crippen molar-refractivity contribution < 1.29 is 17.2 Å². The molecule has 0 spiro atoms. The second-order valence-electron chi connectivity index (χ2n) is 5.25. The molecule has 9 heteroatoms. The normalized spacial score (nSPS) is 19.5. The van der Waals surface area contributed by atoms with E-state index in [9.17, 15) is 17.2 Å². The Bertz CT molecular complexity index is 809. The number of rotatable bonds is 4. The minimum absolute atomic E-state index is 0.0434. The molecule has 23 heavy (non-hydrogen) atoms. The Balaban J connectivity index is 1.75. The van der Waals surface area contributed by atoms with Crippen LogP contribution in [0.4, 0.5) is 26.1 Å². The van der Waals surface area contributed by atoms with Crippen molar-refractivity contribution >= 4 is 27.2 Å². The number of para-hydroxylation sites is 1. The van der Waals surface area contributed by atoms with Gasteiger partial charge < -0.3 is 10.6 Å². The number of nitrogens with one attached hydrogen (secondary N) is 2. The van der Waals surface area contributed by atoms with E-state index in [0.717, 1.165) is 12.1 Å². The summed E-state index contributed by atoms with van der Waals surface area (Å²) >= 11 is 0. The zero-order valence-electron chi connectivity index (χ0n) is 12.0. The lowest BCUT2D eigenvalue weighted by Gasteiger charge is -2.13. The van der Waals surface area contributed by atoms with Gasteiger partial charge in [-0.1, -0.05) is 6.07 Å². The summed E-state index contributed by atoms with van der Waals surface area (Å²) in [5, 5.41) is 5.56. The Labute approximate surface area is 131 Å². The number of halogens is 2. The number of aromatic nitrogens is 2. The monoisotopic (exact) mass is 340 g/mol. The molecule has 0 radical (unpaired) electrons. The first-order valence-electron chi connectivity index (χ1n) is 6.93. The predicted molar refractivity (Wildman–Crippen MR) is 82.4 cm³/mol. The second kappa shape index (κ2) is 6.07. The summed E-state index contributed by atoms with van der Waals surface area (Å²) in [6.45, 7) is 0. The van der Waals surface area contributed by atoms with Crippen LogP contribution in [0.15, 0.2) is 30.6 Å². The smallest absolute Gasteiger partial charge is 0.152 e. The van der Waals surface area contributed by atoms with Gasteiger partial charge in [0.1, 0.15) is 35.3 Å². The van der Waals surface area contributed by atoms with Crippen molar-refractivity contribution in [2.75, 3.05) is 22.1 Å². The molecule has 1 fully saturated rings. The molecule has 1 aromatic carbocycles. The molecule has 122 valence electrons. The third-order valence-corrected chi connectivity index (χ3v) is 5.24. The van der Waals surface area contributed by atoms with Gasteiger partial charge in [0.2, 0.25) is 0 Å². The molecule has 1 aliphatic heterocycles. The number of nitrogens with zero attached hydrogens (tertiary/aromatic N) is 2. The third-order valence-electron chi connectivity index (χ3n) is 3.47. The number of sulfone groups is 1. The molecular formula is C14H14F2N4O2S. The fourth-order valence-corrected chi connectivity index (χ4v) is 4.04. The standard InChI is InChI=1S/C14H14F2N4O2S/c15-10-2-1-3-11(16)14(10)20-13-6-12(17-8-18-13)19-9-4-5-23(21,22)7-9/h1-3,6,8-9H,4-5,7H2,(H2,17,18,19,20). The van der Waals surface area contributed by atoms with Crippen LogP contribution in [-0.4, -0.2) is 35.9 Å². The Morgan fingerprint density at radius 2 is 1.83 bits per heavy atom. The Morgan fingerprint density at radius 3 is 2.48 bits per heavy atom. The fraction of sp³-hybridized carbons (Fsp3) is 0.286. The summed E-state index contributed by atoms with van der Waals surface area (Å²) in [7, 11) is -3.01. The van der Waals surface area contributed by atoms with E-state index in [-0.39, 0.29) is 29.1 Å². The van der Waals surface area contributed by atoms with Crippen molar-refractivity contribution in [3.63, 3.8) is 0 Å². The van der Waals surface area contributed by atoms with Gasteiger partial charge in [-0.05, 0) is 18.6 Å². The van der Waals surface area contributed by atoms with E-state index in [0.29, 0.717) is 12.2 Å². The summed E-state index contributed by atoms with van der Waals surface area (Å²) in [6, 6.07) is 4.78. The van der Waals surface area contributed by atoms with E-state index < -0.39 is 21.5 Å². The first kappa shape index (κ1) is 15.6. The first-order valence-corrected chi connectivity index (χ1v) is 8.75. The number of anilines is 3. The minimum Gasteiger partial charge on any atom is -0.366 e. The van der Waals surface area contributed by atoms with Crippen LogP contribution >= 0.6 is 0 Å². The average molecular weight is 340 g/mol. The fourth-order valence-electron chi connectivity index (χ4n) is 2.37. The Morgan fingerprint density at radius 1 is 1.13 bits per heavy atom. The Hall–Kier alpha value is -2.29. The largest absolute Gasteiger partial charge is 0.366 e. The zero-order chi connectivity index (χ0) is 16.4. The molecule has 2 N–H and O–H groups in total. The van der Waals surface area contributed by atoms with Crippen molar-refractivity contribution in [2.45, 2.75) is 12.5 Å². The molecule has 1 saturated heterocycles. The van der Waals surface area contributed by atoms with Crippen molar-refractivity contribution in [3.8, 4) is 0 Å². The van der Waals surface area contributed by atoms with Crippen molar-refractivity contribution in [3.05, 3.63) is 42.2 Å². The maximum absolute atomic E-state index is 13.6. The topological polar surface area (TPSA) is 84.0 Å². The third kappa shape index (κ3) is 3.73. The van der Waals surface area contributed by atoms with Gasteiger partial charge in [-0.3, -0.25) is 0 Å². The molecule has 2 heterocycles. The first-order chi connectivity index (χ1) is 10.9. The molecule has 6 nitrogen and oxygen atoms in total. The van der Waals surface area contributed by atoms with Gasteiger partial charge >= 0.3 is 0 Å². The van der Waals surface area contributed by atoms with Gasteiger partial charge in [-0.25, -0.2) is 27.2 Å². The highest BCUT2D eigenvalue weighted by Gasteiger charge is 2.27. The zero-order valence-corrected chi connectivity index (χ0v) is 12.8. The molecule has 3 rings (SSSR count). The SMILES string of the molecule is O=S1(=O)CCC(Nc2cc(Nc3c(F)cccc3F)ncn2)C1. The summed E-state index contributed by atoms with van der Waals surface area (Å²) in [5.41, 5.74) is -0.305. The van der Waals surface area contributed by atoms with E-state index >= 15 is 0 Å². The minimum atomic E-state index is -3.01. The number of hydrogen-bond donors (Lipinski definition) is 2. The van der Waals surface area contributed by atoms with Crippen LogP contribution in [0.2, 0.25) is 0 Å². The van der Waals surface area contributed by atoms with E-state index in [1.54, 1.807) is 0 Å². The molecule has 1 unspecified atom stereocenters. The van der Waals surface area contributed by atoms with Gasteiger partial charge in [0.25, 0.3) is 0 Å². The van der Waals surface area contributed by atoms with Gasteiger partial charge in [0.15, 0.2) is 9.84 Å². The summed E-state index contributed by atoms with van der Waals surface area (Å²) in [6.07, 6.45) is 1.73. The van der Waals surface area contributed by atoms with Gasteiger partial charge in [-0.15, -0.1) is 0 Å². The maximum atomic E-state index is 13.6. The highest BCUT2D eigenvalue weighted by Crippen LogP contribution is 2.23. The lowest BCUT2D eigenvalue weighted by atomic mass is 10.2. The van der Waals surface area contributed by atoms with E-state index in [4.69, 9.17) is 0 Å². The Kier molecular flexibility index (Phi) is 4.12. The predicted octanol–water partition coefficient (Wildman–Crippen LogP) is 2.10. The molecular weight excluding hydrogens is 326 g/mol. The van der Waals surface area contributed by atoms with Crippen LogP contribution in [0.25, 0.3) is 0 Å². The molecule has 0 saturated carbocycles.